The Morgan fingerprint density at radius 2 is 1.90 bits per heavy atom. The number of sulfonamides is 1. The second-order valence-corrected chi connectivity index (χ2v) is 5.15. The summed E-state index contributed by atoms with van der Waals surface area (Å²) in [6.45, 7) is 2.54. The molecule has 0 atom stereocenters. The zero-order chi connectivity index (χ0) is 8.41. The molecule has 0 aromatic rings. The van der Waals surface area contributed by atoms with Crippen molar-refractivity contribution in [3.05, 3.63) is 0 Å². The minimum Gasteiger partial charge on any atom is -0.395 e. The van der Waals surface area contributed by atoms with Crippen LogP contribution in [-0.2, 0) is 10.0 Å². The van der Waals surface area contributed by atoms with Crippen LogP contribution < -0.4 is 4.72 Å². The second kappa shape index (κ2) is 2.86. The first-order valence-corrected chi connectivity index (χ1v) is 4.39. The Labute approximate surface area is 61.3 Å². The van der Waals surface area contributed by atoms with Gasteiger partial charge in [0.1, 0.15) is 4.75 Å². The number of nitrogens with one attached hydrogen (secondary N) is 1. The highest BCUT2D eigenvalue weighted by atomic mass is 32.2. The lowest BCUT2D eigenvalue weighted by Crippen LogP contribution is -2.42. The summed E-state index contributed by atoms with van der Waals surface area (Å²) in [5.74, 6) is 0. The zero-order valence-corrected chi connectivity index (χ0v) is 7.20. The Morgan fingerprint density at radius 1 is 1.50 bits per heavy atom. The molecule has 0 bridgehead atoms. The van der Waals surface area contributed by atoms with Crippen LogP contribution in [0.1, 0.15) is 13.8 Å². The molecule has 0 aliphatic heterocycles. The third kappa shape index (κ3) is 1.68. The average molecular weight is 167 g/mol. The zero-order valence-electron chi connectivity index (χ0n) is 6.38. The van der Waals surface area contributed by atoms with Crippen molar-refractivity contribution in [1.29, 1.82) is 0 Å². The van der Waals surface area contributed by atoms with Crippen molar-refractivity contribution < 1.29 is 13.5 Å². The van der Waals surface area contributed by atoms with Crippen LogP contribution >= 0.6 is 0 Å². The lowest BCUT2D eigenvalue weighted by atomic mass is 10.2. The van der Waals surface area contributed by atoms with Crippen LogP contribution in [0.2, 0.25) is 0 Å². The molecule has 0 radical (unpaired) electrons. The van der Waals surface area contributed by atoms with E-state index < -0.39 is 14.8 Å². The SMILES string of the molecule is CNS(=O)(=O)C(C)(C)CO. The third-order valence-electron chi connectivity index (χ3n) is 1.38. The van der Waals surface area contributed by atoms with Crippen molar-refractivity contribution >= 4 is 10.0 Å². The van der Waals surface area contributed by atoms with E-state index in [0.29, 0.717) is 0 Å². The van der Waals surface area contributed by atoms with Crippen LogP contribution in [0.15, 0.2) is 0 Å². The Hall–Kier alpha value is -0.130. The molecule has 0 saturated carbocycles. The molecule has 0 aromatic heterocycles. The summed E-state index contributed by atoms with van der Waals surface area (Å²) in [6, 6.07) is 0. The maximum Gasteiger partial charge on any atom is 0.218 e. The molecule has 0 fully saturated rings. The van der Waals surface area contributed by atoms with E-state index in [1.165, 1.54) is 20.9 Å². The molecule has 0 rings (SSSR count). The molecule has 10 heavy (non-hydrogen) atoms. The molecule has 0 heterocycles. The maximum atomic E-state index is 11.0. The Kier molecular flexibility index (Phi) is 2.82. The molecule has 0 spiro atoms. The molecule has 0 aliphatic carbocycles. The van der Waals surface area contributed by atoms with Crippen molar-refractivity contribution in [2.24, 2.45) is 0 Å². The average Bonchev–Trinajstić information content (AvgIpc) is 1.88. The predicted molar refractivity (Wildman–Crippen MR) is 39.1 cm³/mol. The number of rotatable bonds is 3. The number of aliphatic hydroxyl groups is 1. The van der Waals surface area contributed by atoms with Gasteiger partial charge >= 0.3 is 0 Å². The normalized spacial score (nSPS) is 13.6. The lowest BCUT2D eigenvalue weighted by molar-refractivity contribution is 0.257. The summed E-state index contributed by atoms with van der Waals surface area (Å²) in [6.07, 6.45) is 0. The smallest absolute Gasteiger partial charge is 0.218 e. The third-order valence-corrected chi connectivity index (χ3v) is 3.50. The van der Waals surface area contributed by atoms with Gasteiger partial charge in [0.05, 0.1) is 6.61 Å². The van der Waals surface area contributed by atoms with Gasteiger partial charge in [0.25, 0.3) is 0 Å². The molecule has 0 aliphatic rings. The second-order valence-electron chi connectivity index (χ2n) is 2.63. The first kappa shape index (κ1) is 9.87. The standard InChI is InChI=1S/C5H13NO3S/c1-5(2,4-7)10(8,9)6-3/h6-7H,4H2,1-3H3. The Morgan fingerprint density at radius 3 is 2.00 bits per heavy atom. The summed E-state index contributed by atoms with van der Waals surface area (Å²) in [7, 11) is -2.02. The molecule has 2 N–H and O–H groups in total. The van der Waals surface area contributed by atoms with Gasteiger partial charge in [-0.05, 0) is 20.9 Å². The van der Waals surface area contributed by atoms with Crippen molar-refractivity contribution in [2.75, 3.05) is 13.7 Å². The van der Waals surface area contributed by atoms with E-state index in [1.54, 1.807) is 0 Å². The monoisotopic (exact) mass is 167 g/mol. The summed E-state index contributed by atoms with van der Waals surface area (Å²) in [4.78, 5) is 0. The highest BCUT2D eigenvalue weighted by Crippen LogP contribution is 2.12. The van der Waals surface area contributed by atoms with Crippen LogP contribution in [0.5, 0.6) is 0 Å². The molecule has 0 saturated heterocycles. The fourth-order valence-electron chi connectivity index (χ4n) is 0.361. The minimum atomic E-state index is -3.35. The van der Waals surface area contributed by atoms with Gasteiger partial charge in [0.2, 0.25) is 10.0 Å². The van der Waals surface area contributed by atoms with E-state index in [4.69, 9.17) is 5.11 Å². The van der Waals surface area contributed by atoms with E-state index in [0.717, 1.165) is 0 Å². The van der Waals surface area contributed by atoms with Crippen LogP contribution in [0.3, 0.4) is 0 Å². The first-order chi connectivity index (χ1) is 4.37. The predicted octanol–water partition coefficient (Wildman–Crippen LogP) is -0.694. The van der Waals surface area contributed by atoms with Crippen molar-refractivity contribution in [1.82, 2.24) is 4.72 Å². The highest BCUT2D eigenvalue weighted by Gasteiger charge is 2.31. The van der Waals surface area contributed by atoms with E-state index in [2.05, 4.69) is 4.72 Å². The van der Waals surface area contributed by atoms with Crippen LogP contribution in [-0.4, -0.2) is 31.9 Å². The quantitative estimate of drug-likeness (QED) is 0.584. The molecule has 5 heteroatoms. The number of hydrogen-bond donors (Lipinski definition) is 2. The topological polar surface area (TPSA) is 66.4 Å². The van der Waals surface area contributed by atoms with Gasteiger partial charge in [-0.3, -0.25) is 0 Å². The van der Waals surface area contributed by atoms with E-state index in [1.807, 2.05) is 0 Å². The molecule has 0 amide bonds. The van der Waals surface area contributed by atoms with Crippen molar-refractivity contribution in [3.8, 4) is 0 Å². The summed E-state index contributed by atoms with van der Waals surface area (Å²) < 4.78 is 23.0. The van der Waals surface area contributed by atoms with Gasteiger partial charge < -0.3 is 5.11 Å². The molecule has 4 nitrogen and oxygen atoms in total. The van der Waals surface area contributed by atoms with Gasteiger partial charge in [0.15, 0.2) is 0 Å². The van der Waals surface area contributed by atoms with Crippen LogP contribution in [0, 0.1) is 0 Å². The van der Waals surface area contributed by atoms with E-state index >= 15 is 0 Å². The number of aliphatic hydroxyl groups excluding tert-OH is 1. The van der Waals surface area contributed by atoms with Crippen molar-refractivity contribution in [2.45, 2.75) is 18.6 Å². The van der Waals surface area contributed by atoms with Gasteiger partial charge in [0, 0.05) is 0 Å². The van der Waals surface area contributed by atoms with E-state index in [-0.39, 0.29) is 6.61 Å². The lowest BCUT2D eigenvalue weighted by Gasteiger charge is -2.20. The Bertz CT molecular complexity index is 195. The minimum absolute atomic E-state index is 0.379. The van der Waals surface area contributed by atoms with Crippen molar-refractivity contribution in [3.63, 3.8) is 0 Å². The fraction of sp³-hybridized carbons (Fsp3) is 1.00. The van der Waals surface area contributed by atoms with Gasteiger partial charge in [-0.1, -0.05) is 0 Å². The highest BCUT2D eigenvalue weighted by molar-refractivity contribution is 7.90. The van der Waals surface area contributed by atoms with Gasteiger partial charge in [-0.25, -0.2) is 13.1 Å². The molecular weight excluding hydrogens is 154 g/mol. The number of hydrogen-bond acceptors (Lipinski definition) is 3. The van der Waals surface area contributed by atoms with Gasteiger partial charge in [-0.15, -0.1) is 0 Å². The largest absolute Gasteiger partial charge is 0.395 e. The van der Waals surface area contributed by atoms with Crippen LogP contribution in [0.25, 0.3) is 0 Å². The fourth-order valence-corrected chi connectivity index (χ4v) is 1.08. The summed E-state index contributed by atoms with van der Waals surface area (Å²) in [5.41, 5.74) is 0. The maximum absolute atomic E-state index is 11.0. The Balaban J connectivity index is 4.64. The molecule has 0 aromatic carbocycles. The van der Waals surface area contributed by atoms with Gasteiger partial charge in [-0.2, -0.15) is 0 Å². The van der Waals surface area contributed by atoms with E-state index in [9.17, 15) is 8.42 Å². The molecule has 0 unspecified atom stereocenters. The molecular formula is C5H13NO3S. The first-order valence-electron chi connectivity index (χ1n) is 2.91. The van der Waals surface area contributed by atoms with Crippen LogP contribution in [0.4, 0.5) is 0 Å². The molecule has 62 valence electrons. The summed E-state index contributed by atoms with van der Waals surface area (Å²) >= 11 is 0. The summed E-state index contributed by atoms with van der Waals surface area (Å²) in [5, 5.41) is 8.64.